The van der Waals surface area contributed by atoms with E-state index in [4.69, 9.17) is 11.6 Å². The third-order valence-corrected chi connectivity index (χ3v) is 9.52. The largest absolute Gasteiger partial charge is 0.346 e. The summed E-state index contributed by atoms with van der Waals surface area (Å²) >= 11 is 6.96. The number of carbonyl (C=O) groups excluding carboxylic acids is 1. The Balaban J connectivity index is 1.34. The van der Waals surface area contributed by atoms with Crippen molar-refractivity contribution in [3.8, 4) is 0 Å². The van der Waals surface area contributed by atoms with E-state index in [-0.39, 0.29) is 10.1 Å². The number of H-pyrrole nitrogens is 1. The zero-order valence-electron chi connectivity index (χ0n) is 16.6. The lowest BCUT2D eigenvalue weighted by molar-refractivity contribution is -0.134. The van der Waals surface area contributed by atoms with Crippen LogP contribution in [0.3, 0.4) is 0 Å². The Labute approximate surface area is 189 Å². The second kappa shape index (κ2) is 8.05. The highest BCUT2D eigenvalue weighted by Crippen LogP contribution is 2.34. The molecule has 31 heavy (non-hydrogen) atoms. The van der Waals surface area contributed by atoms with Gasteiger partial charge < -0.3 is 9.88 Å². The van der Waals surface area contributed by atoms with Gasteiger partial charge in [-0.05, 0) is 49.1 Å². The van der Waals surface area contributed by atoms with Gasteiger partial charge in [-0.15, -0.1) is 11.3 Å². The number of halogens is 1. The van der Waals surface area contributed by atoms with Crippen molar-refractivity contribution in [2.75, 3.05) is 19.6 Å². The minimum atomic E-state index is -3.73. The van der Waals surface area contributed by atoms with Gasteiger partial charge in [0.15, 0.2) is 0 Å². The molecule has 3 aromatic rings. The Morgan fingerprint density at radius 3 is 2.87 bits per heavy atom. The lowest BCUT2D eigenvalue weighted by atomic mass is 9.99. The van der Waals surface area contributed by atoms with Gasteiger partial charge in [-0.2, -0.15) is 4.31 Å². The van der Waals surface area contributed by atoms with Gasteiger partial charge in [-0.1, -0.05) is 17.7 Å². The number of aromatic amines is 1. The predicted octanol–water partition coefficient (Wildman–Crippen LogP) is 3.75. The van der Waals surface area contributed by atoms with E-state index in [2.05, 4.69) is 16.0 Å². The minimum absolute atomic E-state index is 0.125. The first kappa shape index (κ1) is 20.7. The molecule has 1 atom stereocenters. The van der Waals surface area contributed by atoms with E-state index in [0.717, 1.165) is 27.9 Å². The Morgan fingerprint density at radius 2 is 2.13 bits per heavy atom. The maximum Gasteiger partial charge on any atom is 0.253 e. The number of aromatic nitrogens is 2. The van der Waals surface area contributed by atoms with E-state index >= 15 is 0 Å². The van der Waals surface area contributed by atoms with Crippen LogP contribution in [-0.4, -0.2) is 59.2 Å². The molecule has 2 aliphatic heterocycles. The molecule has 0 spiro atoms. The molecule has 1 saturated heterocycles. The average molecular weight is 477 g/mol. The van der Waals surface area contributed by atoms with Gasteiger partial charge in [-0.25, -0.2) is 13.4 Å². The van der Waals surface area contributed by atoms with Crippen LogP contribution >= 0.6 is 22.9 Å². The van der Waals surface area contributed by atoms with Crippen molar-refractivity contribution in [2.45, 2.75) is 29.5 Å². The molecule has 2 aliphatic rings. The smallest absolute Gasteiger partial charge is 0.253 e. The fourth-order valence-corrected chi connectivity index (χ4v) is 7.64. The number of sulfonamides is 1. The number of hydrogen-bond acceptors (Lipinski definition) is 5. The maximum atomic E-state index is 13.3. The van der Waals surface area contributed by atoms with Gasteiger partial charge in [0.25, 0.3) is 10.0 Å². The van der Waals surface area contributed by atoms with Crippen molar-refractivity contribution < 1.29 is 13.2 Å². The Bertz CT molecular complexity index is 1280. The number of pyridine rings is 1. The molecule has 1 fully saturated rings. The first-order valence-electron chi connectivity index (χ1n) is 10.1. The van der Waals surface area contributed by atoms with Gasteiger partial charge in [0, 0.05) is 43.0 Å². The first-order valence-corrected chi connectivity index (χ1v) is 12.8. The SMILES string of the molecule is O=C(C1CCCN1S(=O)(=O)c1ccc(Cl)s1)N1CC=C(c2c[nH]c3ncccc23)CC1. The molecule has 7 nitrogen and oxygen atoms in total. The van der Waals surface area contributed by atoms with Gasteiger partial charge in [-0.3, -0.25) is 4.79 Å². The van der Waals surface area contributed by atoms with Gasteiger partial charge >= 0.3 is 0 Å². The molecule has 1 unspecified atom stereocenters. The number of nitrogens with one attached hydrogen (secondary N) is 1. The summed E-state index contributed by atoms with van der Waals surface area (Å²) < 4.78 is 28.1. The summed E-state index contributed by atoms with van der Waals surface area (Å²) in [5.41, 5.74) is 3.12. The number of hydrogen-bond donors (Lipinski definition) is 1. The molecule has 0 aromatic carbocycles. The highest BCUT2D eigenvalue weighted by molar-refractivity contribution is 7.91. The number of thiophene rings is 1. The summed E-state index contributed by atoms with van der Waals surface area (Å²) in [5.74, 6) is -0.125. The summed E-state index contributed by atoms with van der Waals surface area (Å²) in [6.45, 7) is 1.38. The van der Waals surface area contributed by atoms with Crippen molar-refractivity contribution in [1.29, 1.82) is 0 Å². The van der Waals surface area contributed by atoms with Crippen LogP contribution in [-0.2, 0) is 14.8 Å². The first-order chi connectivity index (χ1) is 14.9. The summed E-state index contributed by atoms with van der Waals surface area (Å²) in [6.07, 6.45) is 7.70. The van der Waals surface area contributed by atoms with Gasteiger partial charge in [0.05, 0.1) is 4.34 Å². The molecule has 10 heteroatoms. The molecule has 0 saturated carbocycles. The summed E-state index contributed by atoms with van der Waals surface area (Å²) in [5, 5.41) is 1.07. The number of rotatable bonds is 4. The van der Waals surface area contributed by atoms with Crippen molar-refractivity contribution in [3.05, 3.63) is 52.6 Å². The monoisotopic (exact) mass is 476 g/mol. The van der Waals surface area contributed by atoms with Crippen molar-refractivity contribution in [1.82, 2.24) is 19.2 Å². The van der Waals surface area contributed by atoms with E-state index in [0.29, 0.717) is 43.2 Å². The van der Waals surface area contributed by atoms with E-state index in [9.17, 15) is 13.2 Å². The standard InChI is InChI=1S/C21H21ClN4O3S2/c22-18-5-6-19(30-18)31(28,29)26-10-2-4-17(26)21(27)25-11-7-14(8-12-25)16-13-24-20-15(16)3-1-9-23-20/h1,3,5-7,9,13,17H,2,4,8,10-12H2,(H,23,24). The molecule has 0 radical (unpaired) electrons. The fraction of sp³-hybridized carbons (Fsp3) is 0.333. The van der Waals surface area contributed by atoms with E-state index in [1.165, 1.54) is 15.9 Å². The third-order valence-electron chi connectivity index (χ3n) is 5.92. The van der Waals surface area contributed by atoms with Crippen LogP contribution < -0.4 is 0 Å². The fourth-order valence-electron chi connectivity index (χ4n) is 4.37. The second-order valence-electron chi connectivity index (χ2n) is 7.70. The molecular formula is C21H21ClN4O3S2. The van der Waals surface area contributed by atoms with E-state index in [1.807, 2.05) is 18.3 Å². The minimum Gasteiger partial charge on any atom is -0.346 e. The van der Waals surface area contributed by atoms with Crippen LogP contribution in [0.15, 0.2) is 46.9 Å². The van der Waals surface area contributed by atoms with Crippen molar-refractivity contribution >= 4 is 55.5 Å². The maximum absolute atomic E-state index is 13.3. The third kappa shape index (κ3) is 3.69. The van der Waals surface area contributed by atoms with Crippen LogP contribution in [0.25, 0.3) is 16.6 Å². The molecular weight excluding hydrogens is 456 g/mol. The summed E-state index contributed by atoms with van der Waals surface area (Å²) in [6, 6.07) is 6.37. The van der Waals surface area contributed by atoms with Crippen LogP contribution in [0.1, 0.15) is 24.8 Å². The van der Waals surface area contributed by atoms with Crippen LogP contribution in [0.5, 0.6) is 0 Å². The topological polar surface area (TPSA) is 86.4 Å². The number of amides is 1. The highest BCUT2D eigenvalue weighted by atomic mass is 35.5. The summed E-state index contributed by atoms with van der Waals surface area (Å²) in [7, 11) is -3.73. The summed E-state index contributed by atoms with van der Waals surface area (Å²) in [4.78, 5) is 22.5. The van der Waals surface area contributed by atoms with Crippen LogP contribution in [0.4, 0.5) is 0 Å². The highest BCUT2D eigenvalue weighted by Gasteiger charge is 2.41. The average Bonchev–Trinajstić information content (AvgIpc) is 3.53. The van der Waals surface area contributed by atoms with Gasteiger partial charge in [0.1, 0.15) is 15.9 Å². The van der Waals surface area contributed by atoms with E-state index in [1.54, 1.807) is 17.2 Å². The molecule has 3 aromatic heterocycles. The number of carbonyl (C=O) groups is 1. The molecule has 5 rings (SSSR count). The Hall–Kier alpha value is -2.20. The predicted molar refractivity (Wildman–Crippen MR) is 122 cm³/mol. The number of nitrogens with zero attached hydrogens (tertiary/aromatic N) is 3. The molecule has 0 aliphatic carbocycles. The molecule has 5 heterocycles. The molecule has 1 N–H and O–H groups in total. The molecule has 1 amide bonds. The number of fused-ring (bicyclic) bond motifs is 1. The normalized spacial score (nSPS) is 20.4. The zero-order valence-corrected chi connectivity index (χ0v) is 19.0. The zero-order chi connectivity index (χ0) is 21.6. The Morgan fingerprint density at radius 1 is 1.26 bits per heavy atom. The lowest BCUT2D eigenvalue weighted by Crippen LogP contribution is -2.48. The van der Waals surface area contributed by atoms with E-state index < -0.39 is 16.1 Å². The van der Waals surface area contributed by atoms with Crippen molar-refractivity contribution in [2.24, 2.45) is 0 Å². The van der Waals surface area contributed by atoms with Crippen LogP contribution in [0, 0.1) is 0 Å². The second-order valence-corrected chi connectivity index (χ2v) is 11.5. The van der Waals surface area contributed by atoms with Crippen molar-refractivity contribution in [3.63, 3.8) is 0 Å². The van der Waals surface area contributed by atoms with Crippen LogP contribution in [0.2, 0.25) is 4.34 Å². The Kier molecular flexibility index (Phi) is 5.37. The van der Waals surface area contributed by atoms with Gasteiger partial charge in [0.2, 0.25) is 5.91 Å². The molecule has 162 valence electrons. The lowest BCUT2D eigenvalue weighted by Gasteiger charge is -2.31. The quantitative estimate of drug-likeness (QED) is 0.621. The molecule has 0 bridgehead atoms.